The fourth-order valence-electron chi connectivity index (χ4n) is 0.817. The molecule has 0 aliphatic carbocycles. The molecule has 0 spiro atoms. The minimum atomic E-state index is 0.0588. The van der Waals surface area contributed by atoms with Gasteiger partial charge in [-0.1, -0.05) is 19.9 Å². The van der Waals surface area contributed by atoms with E-state index in [1.165, 1.54) is 0 Å². The summed E-state index contributed by atoms with van der Waals surface area (Å²) in [6, 6.07) is 0. The van der Waals surface area contributed by atoms with Crippen LogP contribution in [-0.4, -0.2) is 24.7 Å². The maximum atomic E-state index is 11.1. The van der Waals surface area contributed by atoms with E-state index in [-0.39, 0.29) is 17.5 Å². The summed E-state index contributed by atoms with van der Waals surface area (Å²) < 4.78 is 0. The number of allylic oxidation sites excluding steroid dienone is 1. The highest BCUT2D eigenvalue weighted by atomic mass is 16.1. The minimum absolute atomic E-state index is 0.0588. The Bertz CT molecular complexity index is 219. The van der Waals surface area contributed by atoms with Crippen LogP contribution in [0.1, 0.15) is 27.2 Å². The molecule has 80 valence electrons. The quantitative estimate of drug-likeness (QED) is 0.495. The van der Waals surface area contributed by atoms with Crippen LogP contribution in [0.2, 0.25) is 0 Å². The Morgan fingerprint density at radius 3 is 2.50 bits per heavy atom. The zero-order chi connectivity index (χ0) is 11.0. The third kappa shape index (κ3) is 7.68. The van der Waals surface area contributed by atoms with Crippen molar-refractivity contribution in [1.82, 2.24) is 5.32 Å². The molecule has 1 N–H and O–H groups in total. The maximum absolute atomic E-state index is 11.1. The Hall–Kier alpha value is -0.960. The molecule has 0 saturated carbocycles. The van der Waals surface area contributed by atoms with Crippen molar-refractivity contribution in [2.45, 2.75) is 27.2 Å². The molecule has 0 aliphatic rings. The first kappa shape index (κ1) is 13.0. The van der Waals surface area contributed by atoms with Crippen molar-refractivity contribution in [3.8, 4) is 0 Å². The smallest absolute Gasteiger partial charge is 0.157 e. The molecular formula is C11H19NO2. The number of nitrogens with one attached hydrogen (secondary N) is 1. The summed E-state index contributed by atoms with van der Waals surface area (Å²) in [5.41, 5.74) is 0. The highest BCUT2D eigenvalue weighted by Gasteiger charge is 2.00. The van der Waals surface area contributed by atoms with Gasteiger partial charge in [-0.2, -0.15) is 0 Å². The van der Waals surface area contributed by atoms with Gasteiger partial charge in [0.15, 0.2) is 5.78 Å². The summed E-state index contributed by atoms with van der Waals surface area (Å²) >= 11 is 0. The van der Waals surface area contributed by atoms with Gasteiger partial charge in [-0.25, -0.2) is 0 Å². The first-order valence-corrected chi connectivity index (χ1v) is 4.94. The third-order valence-electron chi connectivity index (χ3n) is 1.77. The maximum Gasteiger partial charge on any atom is 0.157 e. The standard InChI is InChI=1S/C11H19NO2/c1-9(2)11(14)5-4-7-12-8-6-10(3)13/h4-5,9,12H,6-8H2,1-3H3/b5-4+. The Kier molecular flexibility index (Phi) is 6.93. The fraction of sp³-hybridized carbons (Fsp3) is 0.636. The topological polar surface area (TPSA) is 46.2 Å². The monoisotopic (exact) mass is 197 g/mol. The molecule has 3 heteroatoms. The van der Waals surface area contributed by atoms with E-state index >= 15 is 0 Å². The average Bonchev–Trinajstić information content (AvgIpc) is 2.09. The molecule has 0 radical (unpaired) electrons. The van der Waals surface area contributed by atoms with Gasteiger partial charge >= 0.3 is 0 Å². The van der Waals surface area contributed by atoms with E-state index in [0.29, 0.717) is 19.5 Å². The number of hydrogen-bond acceptors (Lipinski definition) is 3. The largest absolute Gasteiger partial charge is 0.313 e. The number of hydrogen-bond donors (Lipinski definition) is 1. The number of Topliss-reactive ketones (excluding diaryl/α,β-unsaturated/α-hetero) is 1. The summed E-state index contributed by atoms with van der Waals surface area (Å²) in [6.45, 7) is 6.63. The van der Waals surface area contributed by atoms with Crippen molar-refractivity contribution in [2.24, 2.45) is 5.92 Å². The van der Waals surface area contributed by atoms with Crippen molar-refractivity contribution < 1.29 is 9.59 Å². The van der Waals surface area contributed by atoms with Gasteiger partial charge in [-0.15, -0.1) is 0 Å². The van der Waals surface area contributed by atoms with Crippen LogP contribution < -0.4 is 5.32 Å². The number of ketones is 2. The molecule has 0 rings (SSSR count). The Morgan fingerprint density at radius 1 is 1.36 bits per heavy atom. The molecule has 0 aromatic carbocycles. The molecular weight excluding hydrogens is 178 g/mol. The molecule has 0 aromatic heterocycles. The number of carbonyl (C=O) groups is 2. The predicted molar refractivity (Wildman–Crippen MR) is 57.2 cm³/mol. The van der Waals surface area contributed by atoms with E-state index in [1.54, 1.807) is 19.1 Å². The molecule has 0 bridgehead atoms. The molecule has 3 nitrogen and oxygen atoms in total. The summed E-state index contributed by atoms with van der Waals surface area (Å²) in [4.78, 5) is 21.7. The van der Waals surface area contributed by atoms with Gasteiger partial charge in [0.25, 0.3) is 0 Å². The number of rotatable bonds is 7. The lowest BCUT2D eigenvalue weighted by Crippen LogP contribution is -2.17. The molecule has 0 amide bonds. The van der Waals surface area contributed by atoms with Crippen molar-refractivity contribution in [1.29, 1.82) is 0 Å². The van der Waals surface area contributed by atoms with E-state index < -0.39 is 0 Å². The van der Waals surface area contributed by atoms with Crippen LogP contribution in [0.25, 0.3) is 0 Å². The van der Waals surface area contributed by atoms with Gasteiger partial charge in [0.2, 0.25) is 0 Å². The van der Waals surface area contributed by atoms with Crippen molar-refractivity contribution in [3.63, 3.8) is 0 Å². The van der Waals surface area contributed by atoms with Gasteiger partial charge in [0.1, 0.15) is 5.78 Å². The van der Waals surface area contributed by atoms with Gasteiger partial charge in [-0.3, -0.25) is 9.59 Å². The van der Waals surface area contributed by atoms with Crippen molar-refractivity contribution in [2.75, 3.05) is 13.1 Å². The molecule has 0 atom stereocenters. The SMILES string of the molecule is CC(=O)CCNC/C=C/C(=O)C(C)C. The zero-order valence-electron chi connectivity index (χ0n) is 9.17. The van der Waals surface area contributed by atoms with Crippen molar-refractivity contribution in [3.05, 3.63) is 12.2 Å². The summed E-state index contributed by atoms with van der Waals surface area (Å²) in [7, 11) is 0. The molecule has 0 aromatic rings. The lowest BCUT2D eigenvalue weighted by molar-refractivity contribution is -0.117. The minimum Gasteiger partial charge on any atom is -0.313 e. The highest BCUT2D eigenvalue weighted by Crippen LogP contribution is 1.94. The first-order chi connectivity index (χ1) is 6.54. The predicted octanol–water partition coefficient (Wildman–Crippen LogP) is 1.34. The van der Waals surface area contributed by atoms with E-state index in [0.717, 1.165) is 0 Å². The van der Waals surface area contributed by atoms with Gasteiger partial charge in [0, 0.05) is 25.4 Å². The van der Waals surface area contributed by atoms with E-state index in [1.807, 2.05) is 13.8 Å². The third-order valence-corrected chi connectivity index (χ3v) is 1.77. The van der Waals surface area contributed by atoms with Crippen LogP contribution in [0.5, 0.6) is 0 Å². The summed E-state index contributed by atoms with van der Waals surface area (Å²) in [5, 5.41) is 3.05. The molecule has 14 heavy (non-hydrogen) atoms. The first-order valence-electron chi connectivity index (χ1n) is 4.94. The normalized spacial score (nSPS) is 11.1. The van der Waals surface area contributed by atoms with Crippen LogP contribution in [0.4, 0.5) is 0 Å². The van der Waals surface area contributed by atoms with E-state index in [4.69, 9.17) is 0 Å². The lowest BCUT2D eigenvalue weighted by Gasteiger charge is -1.99. The van der Waals surface area contributed by atoms with Crippen LogP contribution in [0, 0.1) is 5.92 Å². The second-order valence-corrected chi connectivity index (χ2v) is 3.62. The van der Waals surface area contributed by atoms with Gasteiger partial charge in [0.05, 0.1) is 0 Å². The van der Waals surface area contributed by atoms with Crippen LogP contribution in [-0.2, 0) is 9.59 Å². The zero-order valence-corrected chi connectivity index (χ0v) is 9.17. The second-order valence-electron chi connectivity index (χ2n) is 3.62. The highest BCUT2D eigenvalue weighted by molar-refractivity contribution is 5.91. The molecule has 0 aliphatic heterocycles. The molecule has 0 saturated heterocycles. The Balaban J connectivity index is 3.45. The summed E-state index contributed by atoms with van der Waals surface area (Å²) in [5.74, 6) is 0.376. The molecule has 0 unspecified atom stereocenters. The van der Waals surface area contributed by atoms with Crippen LogP contribution >= 0.6 is 0 Å². The average molecular weight is 197 g/mol. The fourth-order valence-corrected chi connectivity index (χ4v) is 0.817. The molecule has 0 fully saturated rings. The summed E-state index contributed by atoms with van der Waals surface area (Å²) in [6.07, 6.45) is 3.93. The Labute approximate surface area is 85.6 Å². The van der Waals surface area contributed by atoms with Crippen LogP contribution in [0.3, 0.4) is 0 Å². The second kappa shape index (κ2) is 7.44. The lowest BCUT2D eigenvalue weighted by atomic mass is 10.1. The number of carbonyl (C=O) groups excluding carboxylic acids is 2. The Morgan fingerprint density at radius 2 is 2.00 bits per heavy atom. The van der Waals surface area contributed by atoms with E-state index in [9.17, 15) is 9.59 Å². The van der Waals surface area contributed by atoms with Gasteiger partial charge < -0.3 is 5.32 Å². The van der Waals surface area contributed by atoms with Crippen LogP contribution in [0.15, 0.2) is 12.2 Å². The van der Waals surface area contributed by atoms with Gasteiger partial charge in [-0.05, 0) is 13.0 Å². The van der Waals surface area contributed by atoms with E-state index in [2.05, 4.69) is 5.32 Å². The molecule has 0 heterocycles. The van der Waals surface area contributed by atoms with Crippen molar-refractivity contribution >= 4 is 11.6 Å².